The molecule has 0 spiro atoms. The SMILES string of the molecule is CC(C=O)C(S)C(C)(C)C. The van der Waals surface area contributed by atoms with E-state index in [-0.39, 0.29) is 16.6 Å². The van der Waals surface area contributed by atoms with Crippen LogP contribution in [0.4, 0.5) is 0 Å². The van der Waals surface area contributed by atoms with Crippen molar-refractivity contribution in [1.82, 2.24) is 0 Å². The second kappa shape index (κ2) is 3.42. The van der Waals surface area contributed by atoms with Crippen LogP contribution in [0, 0.1) is 11.3 Å². The zero-order valence-electron chi connectivity index (χ0n) is 7.09. The number of rotatable bonds is 2. The van der Waals surface area contributed by atoms with Crippen LogP contribution in [0.1, 0.15) is 27.7 Å². The lowest BCUT2D eigenvalue weighted by Crippen LogP contribution is -2.28. The van der Waals surface area contributed by atoms with Gasteiger partial charge in [0.2, 0.25) is 0 Å². The summed E-state index contributed by atoms with van der Waals surface area (Å²) < 4.78 is 0. The molecule has 2 atom stereocenters. The molecule has 0 saturated carbocycles. The number of hydrogen-bond acceptors (Lipinski definition) is 2. The monoisotopic (exact) mass is 160 g/mol. The molecule has 0 aliphatic heterocycles. The maximum Gasteiger partial charge on any atom is 0.123 e. The molecule has 2 heteroatoms. The van der Waals surface area contributed by atoms with Gasteiger partial charge < -0.3 is 4.79 Å². The number of carbonyl (C=O) groups excluding carboxylic acids is 1. The van der Waals surface area contributed by atoms with Gasteiger partial charge in [-0.2, -0.15) is 12.6 Å². The number of carbonyl (C=O) groups is 1. The predicted octanol–water partition coefficient (Wildman–Crippen LogP) is 2.17. The van der Waals surface area contributed by atoms with Crippen molar-refractivity contribution in [3.8, 4) is 0 Å². The van der Waals surface area contributed by atoms with Gasteiger partial charge in [0.1, 0.15) is 6.29 Å². The van der Waals surface area contributed by atoms with E-state index in [0.29, 0.717) is 0 Å². The van der Waals surface area contributed by atoms with Crippen LogP contribution in [-0.2, 0) is 4.79 Å². The van der Waals surface area contributed by atoms with Crippen LogP contribution in [0.3, 0.4) is 0 Å². The lowest BCUT2D eigenvalue weighted by atomic mass is 9.85. The summed E-state index contributed by atoms with van der Waals surface area (Å²) in [5.74, 6) is 0.0448. The zero-order chi connectivity index (χ0) is 8.36. The van der Waals surface area contributed by atoms with E-state index in [1.165, 1.54) is 0 Å². The van der Waals surface area contributed by atoms with Crippen LogP contribution in [0.25, 0.3) is 0 Å². The van der Waals surface area contributed by atoms with Crippen LogP contribution in [-0.4, -0.2) is 11.5 Å². The molecule has 0 aromatic carbocycles. The summed E-state index contributed by atoms with van der Waals surface area (Å²) in [5, 5.41) is 0.157. The third kappa shape index (κ3) is 2.74. The molecule has 0 saturated heterocycles. The Morgan fingerprint density at radius 1 is 1.40 bits per heavy atom. The van der Waals surface area contributed by atoms with Crippen molar-refractivity contribution in [2.24, 2.45) is 11.3 Å². The Labute approximate surface area is 68.6 Å². The highest BCUT2D eigenvalue weighted by atomic mass is 32.1. The van der Waals surface area contributed by atoms with Crippen LogP contribution >= 0.6 is 12.6 Å². The highest BCUT2D eigenvalue weighted by Crippen LogP contribution is 2.28. The Bertz CT molecular complexity index is 115. The highest BCUT2D eigenvalue weighted by molar-refractivity contribution is 7.81. The van der Waals surface area contributed by atoms with E-state index in [9.17, 15) is 4.79 Å². The summed E-state index contributed by atoms with van der Waals surface area (Å²) >= 11 is 4.35. The van der Waals surface area contributed by atoms with Crippen LogP contribution < -0.4 is 0 Å². The molecule has 0 heterocycles. The summed E-state index contributed by atoms with van der Waals surface area (Å²) in [7, 11) is 0. The predicted molar refractivity (Wildman–Crippen MR) is 47.5 cm³/mol. The van der Waals surface area contributed by atoms with Gasteiger partial charge in [-0.25, -0.2) is 0 Å². The van der Waals surface area contributed by atoms with Gasteiger partial charge in [0, 0.05) is 11.2 Å². The van der Waals surface area contributed by atoms with Crippen LogP contribution in [0.15, 0.2) is 0 Å². The molecule has 10 heavy (non-hydrogen) atoms. The molecule has 0 N–H and O–H groups in total. The Kier molecular flexibility index (Phi) is 3.43. The first-order chi connectivity index (χ1) is 4.39. The first kappa shape index (κ1) is 10.0. The molecule has 0 amide bonds. The van der Waals surface area contributed by atoms with E-state index in [1.807, 2.05) is 6.92 Å². The summed E-state index contributed by atoms with van der Waals surface area (Å²) in [6, 6.07) is 0. The molecular formula is C8H16OS. The average Bonchev–Trinajstić information content (AvgIpc) is 1.83. The van der Waals surface area contributed by atoms with Crippen molar-refractivity contribution in [2.45, 2.75) is 32.9 Å². The fraction of sp³-hybridized carbons (Fsp3) is 0.875. The van der Waals surface area contributed by atoms with Crippen molar-refractivity contribution in [3.63, 3.8) is 0 Å². The lowest BCUT2D eigenvalue weighted by Gasteiger charge is -2.28. The molecule has 0 fully saturated rings. The Hall–Kier alpha value is 0.0200. The van der Waals surface area contributed by atoms with Crippen molar-refractivity contribution in [2.75, 3.05) is 0 Å². The molecule has 1 nitrogen and oxygen atoms in total. The van der Waals surface area contributed by atoms with Crippen LogP contribution in [0.2, 0.25) is 0 Å². The van der Waals surface area contributed by atoms with Gasteiger partial charge in [-0.1, -0.05) is 27.7 Å². The molecule has 0 aliphatic rings. The van der Waals surface area contributed by atoms with E-state index >= 15 is 0 Å². The smallest absolute Gasteiger partial charge is 0.123 e. The van der Waals surface area contributed by atoms with Crippen LogP contribution in [0.5, 0.6) is 0 Å². The molecular weight excluding hydrogens is 144 g/mol. The van der Waals surface area contributed by atoms with Gasteiger partial charge in [-0.05, 0) is 5.41 Å². The molecule has 0 aliphatic carbocycles. The molecule has 0 radical (unpaired) electrons. The first-order valence-electron chi connectivity index (χ1n) is 3.53. The molecule has 60 valence electrons. The van der Waals surface area contributed by atoms with Gasteiger partial charge in [0.15, 0.2) is 0 Å². The Morgan fingerprint density at radius 3 is 1.90 bits per heavy atom. The van der Waals surface area contributed by atoms with Crippen molar-refractivity contribution < 1.29 is 4.79 Å². The minimum Gasteiger partial charge on any atom is -0.303 e. The lowest BCUT2D eigenvalue weighted by molar-refractivity contribution is -0.111. The normalized spacial score (nSPS) is 18.1. The highest BCUT2D eigenvalue weighted by Gasteiger charge is 2.25. The van der Waals surface area contributed by atoms with Crippen molar-refractivity contribution >= 4 is 18.9 Å². The third-order valence-corrected chi connectivity index (χ3v) is 2.84. The number of hydrogen-bond donors (Lipinski definition) is 1. The maximum atomic E-state index is 10.3. The molecule has 0 rings (SSSR count). The quantitative estimate of drug-likeness (QED) is 0.484. The second-order valence-electron chi connectivity index (χ2n) is 3.81. The van der Waals surface area contributed by atoms with Gasteiger partial charge in [-0.3, -0.25) is 0 Å². The topological polar surface area (TPSA) is 17.1 Å². The van der Waals surface area contributed by atoms with Gasteiger partial charge in [0.05, 0.1) is 0 Å². The van der Waals surface area contributed by atoms with Crippen molar-refractivity contribution in [3.05, 3.63) is 0 Å². The van der Waals surface area contributed by atoms with Gasteiger partial charge >= 0.3 is 0 Å². The third-order valence-electron chi connectivity index (χ3n) is 1.60. The van der Waals surface area contributed by atoms with E-state index in [0.717, 1.165) is 6.29 Å². The standard InChI is InChI=1S/C8H16OS/c1-6(5-9)7(10)8(2,3)4/h5-7,10H,1-4H3. The largest absolute Gasteiger partial charge is 0.303 e. The average molecular weight is 160 g/mol. The zero-order valence-corrected chi connectivity index (χ0v) is 7.98. The van der Waals surface area contributed by atoms with E-state index in [1.54, 1.807) is 0 Å². The minimum atomic E-state index is 0.0448. The molecule has 0 aromatic rings. The first-order valence-corrected chi connectivity index (χ1v) is 4.04. The summed E-state index contributed by atoms with van der Waals surface area (Å²) in [4.78, 5) is 10.3. The fourth-order valence-electron chi connectivity index (χ4n) is 0.863. The minimum absolute atomic E-state index is 0.0448. The summed E-state index contributed by atoms with van der Waals surface area (Å²) in [6.07, 6.45) is 0.961. The molecule has 2 unspecified atom stereocenters. The summed E-state index contributed by atoms with van der Waals surface area (Å²) in [5.41, 5.74) is 0.115. The van der Waals surface area contributed by atoms with E-state index in [2.05, 4.69) is 33.4 Å². The fourth-order valence-corrected chi connectivity index (χ4v) is 0.933. The van der Waals surface area contributed by atoms with E-state index < -0.39 is 0 Å². The Balaban J connectivity index is 4.07. The molecule has 0 aromatic heterocycles. The molecule has 0 bridgehead atoms. The second-order valence-corrected chi connectivity index (χ2v) is 4.36. The number of aldehydes is 1. The van der Waals surface area contributed by atoms with Gasteiger partial charge in [-0.15, -0.1) is 0 Å². The van der Waals surface area contributed by atoms with Gasteiger partial charge in [0.25, 0.3) is 0 Å². The van der Waals surface area contributed by atoms with E-state index in [4.69, 9.17) is 0 Å². The number of thiol groups is 1. The summed E-state index contributed by atoms with van der Waals surface area (Å²) in [6.45, 7) is 8.16. The van der Waals surface area contributed by atoms with Crippen molar-refractivity contribution in [1.29, 1.82) is 0 Å². The Morgan fingerprint density at radius 2 is 1.80 bits per heavy atom. The maximum absolute atomic E-state index is 10.3.